The van der Waals surface area contributed by atoms with E-state index in [1.807, 2.05) is 0 Å². The van der Waals surface area contributed by atoms with E-state index in [0.717, 1.165) is 37.5 Å². The number of rotatable bonds is 9. The van der Waals surface area contributed by atoms with Gasteiger partial charge in [0.15, 0.2) is 10.9 Å². The Morgan fingerprint density at radius 1 is 1.26 bits per heavy atom. The highest BCUT2D eigenvalue weighted by Crippen LogP contribution is 2.42. The largest absolute Gasteiger partial charge is 0.396 e. The summed E-state index contributed by atoms with van der Waals surface area (Å²) in [6.45, 7) is 3.49. The Morgan fingerprint density at radius 3 is 2.71 bits per heavy atom. The quantitative estimate of drug-likeness (QED) is 0.388. The second-order valence-corrected chi connectivity index (χ2v) is 11.3. The summed E-state index contributed by atoms with van der Waals surface area (Å²) in [6, 6.07) is 6.26. The SMILES string of the molecule is CCCS(=O)(=O)Nc1cccc(-c2nc(N3CCC(CCO)CC3)sc2-c2ccnc(N)n2)c1F. The monoisotopic (exact) mass is 520 g/mol. The molecule has 0 spiro atoms. The third kappa shape index (κ3) is 5.88. The number of sulfonamides is 1. The molecule has 0 unspecified atom stereocenters. The van der Waals surface area contributed by atoms with Crippen molar-refractivity contribution < 1.29 is 17.9 Å². The van der Waals surface area contributed by atoms with Crippen LogP contribution in [0.25, 0.3) is 21.8 Å². The summed E-state index contributed by atoms with van der Waals surface area (Å²) in [5.41, 5.74) is 6.75. The van der Waals surface area contributed by atoms with Gasteiger partial charge < -0.3 is 15.7 Å². The molecule has 4 rings (SSSR count). The van der Waals surface area contributed by atoms with Crippen molar-refractivity contribution in [3.63, 3.8) is 0 Å². The van der Waals surface area contributed by atoms with Crippen molar-refractivity contribution in [1.82, 2.24) is 15.0 Å². The lowest BCUT2D eigenvalue weighted by Crippen LogP contribution is -2.33. The van der Waals surface area contributed by atoms with Crippen molar-refractivity contribution in [3.8, 4) is 21.8 Å². The lowest BCUT2D eigenvalue weighted by atomic mass is 9.94. The van der Waals surface area contributed by atoms with Crippen LogP contribution in [0.4, 0.5) is 21.2 Å². The van der Waals surface area contributed by atoms with Crippen LogP contribution in [0.2, 0.25) is 0 Å². The minimum Gasteiger partial charge on any atom is -0.396 e. The Kier molecular flexibility index (Phi) is 7.82. The van der Waals surface area contributed by atoms with Gasteiger partial charge in [0, 0.05) is 31.5 Å². The molecule has 1 aliphatic rings. The number of halogens is 1. The number of nitrogen functional groups attached to an aromatic ring is 1. The molecule has 0 aliphatic carbocycles. The number of thiazole rings is 1. The van der Waals surface area contributed by atoms with Gasteiger partial charge in [0.1, 0.15) is 0 Å². The standard InChI is InChI=1S/C23H29FN6O3S2/c1-2-14-35(32,33)29-17-5-3-4-16(19(17)24)20-21(18-6-10-26-22(25)27-18)34-23(28-20)30-11-7-15(8-12-30)9-13-31/h3-6,10,15,29,31H,2,7-9,11-14H2,1H3,(H2,25,26,27). The third-order valence-corrected chi connectivity index (χ3v) is 8.55. The van der Waals surface area contributed by atoms with E-state index in [1.165, 1.54) is 23.6 Å². The van der Waals surface area contributed by atoms with Gasteiger partial charge >= 0.3 is 0 Å². The van der Waals surface area contributed by atoms with E-state index >= 15 is 4.39 Å². The van der Waals surface area contributed by atoms with Gasteiger partial charge in [0.2, 0.25) is 16.0 Å². The van der Waals surface area contributed by atoms with Gasteiger partial charge in [-0.2, -0.15) is 0 Å². The molecule has 1 aliphatic heterocycles. The highest BCUT2D eigenvalue weighted by atomic mass is 32.2. The van der Waals surface area contributed by atoms with Crippen molar-refractivity contribution in [2.24, 2.45) is 5.92 Å². The van der Waals surface area contributed by atoms with Crippen LogP contribution in [0.3, 0.4) is 0 Å². The molecule has 0 amide bonds. The number of benzene rings is 1. The number of aliphatic hydroxyl groups is 1. The molecule has 188 valence electrons. The first kappa shape index (κ1) is 25.3. The van der Waals surface area contributed by atoms with E-state index in [9.17, 15) is 13.5 Å². The number of nitrogens with one attached hydrogen (secondary N) is 1. The van der Waals surface area contributed by atoms with Gasteiger partial charge in [-0.25, -0.2) is 27.8 Å². The Balaban J connectivity index is 1.75. The van der Waals surface area contributed by atoms with Crippen molar-refractivity contribution in [2.45, 2.75) is 32.6 Å². The third-order valence-electron chi connectivity index (χ3n) is 5.94. The summed E-state index contributed by atoms with van der Waals surface area (Å²) in [7, 11) is -3.67. The molecule has 0 radical (unpaired) electrons. The summed E-state index contributed by atoms with van der Waals surface area (Å²) in [5.74, 6) is -0.235. The van der Waals surface area contributed by atoms with E-state index in [0.29, 0.717) is 28.6 Å². The zero-order valence-electron chi connectivity index (χ0n) is 19.4. The first-order chi connectivity index (χ1) is 16.8. The molecule has 12 heteroatoms. The first-order valence-corrected chi connectivity index (χ1v) is 14.0. The zero-order valence-corrected chi connectivity index (χ0v) is 21.1. The number of nitrogens with zero attached hydrogens (tertiary/aromatic N) is 4. The molecule has 0 atom stereocenters. The fourth-order valence-electron chi connectivity index (χ4n) is 4.18. The number of nitrogens with two attached hydrogens (primary N) is 1. The van der Waals surface area contributed by atoms with Gasteiger partial charge in [-0.05, 0) is 49.8 Å². The van der Waals surface area contributed by atoms with Crippen LogP contribution >= 0.6 is 11.3 Å². The zero-order chi connectivity index (χ0) is 25.0. The maximum Gasteiger partial charge on any atom is 0.232 e. The Labute approximate surface area is 208 Å². The number of aromatic nitrogens is 3. The fraction of sp³-hybridized carbons (Fsp3) is 0.435. The molecule has 4 N–H and O–H groups in total. The minimum absolute atomic E-state index is 0.0924. The average Bonchev–Trinajstić information content (AvgIpc) is 3.26. The van der Waals surface area contributed by atoms with E-state index in [2.05, 4.69) is 19.6 Å². The van der Waals surface area contributed by atoms with Crippen LogP contribution in [0.15, 0.2) is 30.5 Å². The van der Waals surface area contributed by atoms with Gasteiger partial charge in [0.25, 0.3) is 0 Å². The predicted octanol–water partition coefficient (Wildman–Crippen LogP) is 3.74. The molecule has 3 aromatic rings. The lowest BCUT2D eigenvalue weighted by molar-refractivity contribution is 0.240. The summed E-state index contributed by atoms with van der Waals surface area (Å²) in [5, 5.41) is 9.97. The average molecular weight is 521 g/mol. The second-order valence-electron chi connectivity index (χ2n) is 8.51. The summed E-state index contributed by atoms with van der Waals surface area (Å²) in [4.78, 5) is 15.8. The summed E-state index contributed by atoms with van der Waals surface area (Å²) < 4.78 is 42.5. The number of piperidine rings is 1. The summed E-state index contributed by atoms with van der Waals surface area (Å²) >= 11 is 1.39. The highest BCUT2D eigenvalue weighted by Gasteiger charge is 2.26. The molecule has 0 saturated carbocycles. The molecule has 0 bridgehead atoms. The molecule has 3 heterocycles. The number of anilines is 3. The van der Waals surface area contributed by atoms with E-state index in [1.54, 1.807) is 25.1 Å². The van der Waals surface area contributed by atoms with E-state index in [4.69, 9.17) is 10.7 Å². The van der Waals surface area contributed by atoms with E-state index < -0.39 is 15.8 Å². The Morgan fingerprint density at radius 2 is 2.03 bits per heavy atom. The van der Waals surface area contributed by atoms with E-state index in [-0.39, 0.29) is 29.6 Å². The molecule has 9 nitrogen and oxygen atoms in total. The normalized spacial score (nSPS) is 14.9. The number of hydrogen-bond donors (Lipinski definition) is 3. The molecular formula is C23H29FN6O3S2. The Hall–Kier alpha value is -2.83. The Bertz CT molecular complexity index is 1280. The molecule has 35 heavy (non-hydrogen) atoms. The van der Waals surface area contributed by atoms with Gasteiger partial charge in [-0.15, -0.1) is 0 Å². The predicted molar refractivity (Wildman–Crippen MR) is 137 cm³/mol. The number of aliphatic hydroxyl groups excluding tert-OH is 1. The van der Waals surface area contributed by atoms with Crippen LogP contribution in [0, 0.1) is 11.7 Å². The van der Waals surface area contributed by atoms with Crippen molar-refractivity contribution in [3.05, 3.63) is 36.3 Å². The van der Waals surface area contributed by atoms with Gasteiger partial charge in [-0.1, -0.05) is 24.3 Å². The molecule has 1 aromatic carbocycles. The summed E-state index contributed by atoms with van der Waals surface area (Å²) in [6.07, 6.45) is 4.62. The highest BCUT2D eigenvalue weighted by molar-refractivity contribution is 7.92. The lowest BCUT2D eigenvalue weighted by Gasteiger charge is -2.31. The van der Waals surface area contributed by atoms with Gasteiger partial charge in [-0.3, -0.25) is 4.72 Å². The molecule has 1 fully saturated rings. The number of hydrogen-bond acceptors (Lipinski definition) is 9. The second kappa shape index (κ2) is 10.8. The van der Waals surface area contributed by atoms with Crippen LogP contribution < -0.4 is 15.4 Å². The fourth-order valence-corrected chi connectivity index (χ4v) is 6.41. The van der Waals surface area contributed by atoms with Crippen LogP contribution in [-0.4, -0.2) is 53.9 Å². The van der Waals surface area contributed by atoms with Crippen LogP contribution in [0.5, 0.6) is 0 Å². The topological polar surface area (TPSA) is 134 Å². The molecular weight excluding hydrogens is 491 g/mol. The minimum atomic E-state index is -3.67. The molecule has 1 saturated heterocycles. The van der Waals surface area contributed by atoms with Crippen LogP contribution in [-0.2, 0) is 10.0 Å². The van der Waals surface area contributed by atoms with Gasteiger partial charge in [0.05, 0.1) is 27.7 Å². The van der Waals surface area contributed by atoms with Crippen molar-refractivity contribution in [1.29, 1.82) is 0 Å². The first-order valence-electron chi connectivity index (χ1n) is 11.6. The maximum absolute atomic E-state index is 15.6. The smallest absolute Gasteiger partial charge is 0.232 e. The maximum atomic E-state index is 15.6. The molecule has 2 aromatic heterocycles. The van der Waals surface area contributed by atoms with Crippen molar-refractivity contribution >= 4 is 38.1 Å². The van der Waals surface area contributed by atoms with Crippen LogP contribution in [0.1, 0.15) is 32.6 Å². The van der Waals surface area contributed by atoms with Crippen molar-refractivity contribution in [2.75, 3.05) is 40.8 Å².